The van der Waals surface area contributed by atoms with Gasteiger partial charge < -0.3 is 4.57 Å². The molecule has 1 heterocycles. The second-order valence-corrected chi connectivity index (χ2v) is 6.92. The molecule has 0 spiro atoms. The fourth-order valence-corrected chi connectivity index (χ4v) is 4.48. The summed E-state index contributed by atoms with van der Waals surface area (Å²) >= 11 is 0. The van der Waals surface area contributed by atoms with Crippen molar-refractivity contribution in [2.75, 3.05) is 0 Å². The van der Waals surface area contributed by atoms with Gasteiger partial charge in [0.05, 0.1) is 0 Å². The lowest BCUT2D eigenvalue weighted by Gasteiger charge is -2.21. The molecule has 1 aliphatic carbocycles. The minimum atomic E-state index is 1.21. The van der Waals surface area contributed by atoms with Crippen molar-refractivity contribution < 1.29 is 0 Å². The van der Waals surface area contributed by atoms with E-state index >= 15 is 0 Å². The van der Waals surface area contributed by atoms with Crippen LogP contribution in [0, 0.1) is 0 Å². The lowest BCUT2D eigenvalue weighted by molar-refractivity contribution is 0.691. The Balaban J connectivity index is 1.96. The topological polar surface area (TPSA) is 4.93 Å². The predicted octanol–water partition coefficient (Wildman–Crippen LogP) is 5.88. The molecule has 0 bridgehead atoms. The van der Waals surface area contributed by atoms with E-state index < -0.39 is 0 Å². The molecule has 1 heteroatoms. The van der Waals surface area contributed by atoms with Crippen molar-refractivity contribution in [3.63, 3.8) is 0 Å². The zero-order chi connectivity index (χ0) is 16.1. The quantitative estimate of drug-likeness (QED) is 0.414. The third kappa shape index (κ3) is 1.88. The molecule has 24 heavy (non-hydrogen) atoms. The summed E-state index contributed by atoms with van der Waals surface area (Å²) in [4.78, 5) is 0. The Morgan fingerprint density at radius 3 is 2.29 bits per heavy atom. The molecular weight excluding hydrogens is 290 g/mol. The molecular formula is C23H21N. The maximum Gasteiger partial charge on any atom is 0.0497 e. The molecule has 0 N–H and O–H groups in total. The molecule has 0 amide bonds. The van der Waals surface area contributed by atoms with Crippen LogP contribution >= 0.6 is 0 Å². The van der Waals surface area contributed by atoms with Crippen LogP contribution in [0.2, 0.25) is 0 Å². The second kappa shape index (κ2) is 5.24. The van der Waals surface area contributed by atoms with Crippen LogP contribution in [0.5, 0.6) is 0 Å². The third-order valence-electron chi connectivity index (χ3n) is 5.61. The van der Waals surface area contributed by atoms with Gasteiger partial charge >= 0.3 is 0 Å². The van der Waals surface area contributed by atoms with Crippen molar-refractivity contribution in [1.29, 1.82) is 0 Å². The monoisotopic (exact) mass is 311 g/mol. The van der Waals surface area contributed by atoms with Gasteiger partial charge in [-0.2, -0.15) is 0 Å². The number of aryl methyl sites for hydroxylation is 2. The molecule has 3 aromatic carbocycles. The zero-order valence-corrected chi connectivity index (χ0v) is 14.0. The molecule has 0 saturated carbocycles. The molecule has 5 rings (SSSR count). The summed E-state index contributed by atoms with van der Waals surface area (Å²) in [5.41, 5.74) is 8.67. The molecule has 0 aliphatic heterocycles. The van der Waals surface area contributed by atoms with Crippen molar-refractivity contribution in [3.05, 3.63) is 71.8 Å². The fraction of sp³-hybridized carbons (Fsp3) is 0.217. The Morgan fingerprint density at radius 1 is 0.750 bits per heavy atom. The highest BCUT2D eigenvalue weighted by Gasteiger charge is 2.21. The highest BCUT2D eigenvalue weighted by molar-refractivity contribution is 6.11. The first-order valence-electron chi connectivity index (χ1n) is 8.92. The number of nitrogens with zero attached hydrogens (tertiary/aromatic N) is 1. The Bertz CT molecular complexity index is 1050. The summed E-state index contributed by atoms with van der Waals surface area (Å²) in [6.07, 6.45) is 5.03. The van der Waals surface area contributed by atoms with Crippen molar-refractivity contribution in [3.8, 4) is 11.1 Å². The van der Waals surface area contributed by atoms with Crippen LogP contribution in [-0.4, -0.2) is 4.57 Å². The third-order valence-corrected chi connectivity index (χ3v) is 5.61. The Morgan fingerprint density at radius 2 is 1.46 bits per heavy atom. The zero-order valence-electron chi connectivity index (χ0n) is 14.0. The number of aromatic nitrogens is 1. The predicted molar refractivity (Wildman–Crippen MR) is 103 cm³/mol. The van der Waals surface area contributed by atoms with Gasteiger partial charge in [-0.3, -0.25) is 0 Å². The molecule has 1 nitrogen and oxygen atoms in total. The van der Waals surface area contributed by atoms with Crippen LogP contribution in [-0.2, 0) is 19.9 Å². The minimum absolute atomic E-state index is 1.21. The van der Waals surface area contributed by atoms with E-state index in [0.29, 0.717) is 0 Å². The van der Waals surface area contributed by atoms with Gasteiger partial charge in [0.15, 0.2) is 0 Å². The Labute approximate surface area is 142 Å². The van der Waals surface area contributed by atoms with Crippen LogP contribution in [0.25, 0.3) is 32.9 Å². The normalized spacial score (nSPS) is 14.2. The summed E-state index contributed by atoms with van der Waals surface area (Å²) in [6.45, 7) is 0. The highest BCUT2D eigenvalue weighted by atomic mass is 14.9. The van der Waals surface area contributed by atoms with Crippen LogP contribution in [0.1, 0.15) is 24.0 Å². The van der Waals surface area contributed by atoms with Crippen LogP contribution < -0.4 is 0 Å². The van der Waals surface area contributed by atoms with E-state index in [0.717, 1.165) is 0 Å². The van der Waals surface area contributed by atoms with Gasteiger partial charge in [0.25, 0.3) is 0 Å². The molecule has 1 aromatic heterocycles. The van der Waals surface area contributed by atoms with Crippen LogP contribution in [0.4, 0.5) is 0 Å². The van der Waals surface area contributed by atoms with Gasteiger partial charge in [-0.25, -0.2) is 0 Å². The van der Waals surface area contributed by atoms with Gasteiger partial charge in [0, 0.05) is 28.9 Å². The van der Waals surface area contributed by atoms with Crippen molar-refractivity contribution in [2.45, 2.75) is 25.7 Å². The Kier molecular flexibility index (Phi) is 3.02. The van der Waals surface area contributed by atoms with Gasteiger partial charge in [-0.15, -0.1) is 0 Å². The van der Waals surface area contributed by atoms with Crippen LogP contribution in [0.15, 0.2) is 60.7 Å². The van der Waals surface area contributed by atoms with E-state index in [9.17, 15) is 0 Å². The van der Waals surface area contributed by atoms with E-state index in [1.807, 2.05) is 0 Å². The summed E-state index contributed by atoms with van der Waals surface area (Å²) < 4.78 is 2.37. The lowest BCUT2D eigenvalue weighted by Crippen LogP contribution is -2.05. The number of rotatable bonds is 1. The SMILES string of the molecule is Cn1c2ccccc2c2c3c(c(-c4ccccc4)cc21)CCCC3. The van der Waals surface area contributed by atoms with E-state index in [1.165, 1.54) is 58.6 Å². The maximum atomic E-state index is 2.43. The summed E-state index contributed by atoms with van der Waals surface area (Å²) in [5, 5.41) is 2.90. The first kappa shape index (κ1) is 13.9. The van der Waals surface area contributed by atoms with Gasteiger partial charge in [0.2, 0.25) is 0 Å². The number of benzene rings is 3. The summed E-state index contributed by atoms with van der Waals surface area (Å²) in [6, 6.07) is 22.2. The molecule has 118 valence electrons. The highest BCUT2D eigenvalue weighted by Crippen LogP contribution is 2.40. The molecule has 1 aliphatic rings. The number of hydrogen-bond acceptors (Lipinski definition) is 0. The smallest absolute Gasteiger partial charge is 0.0497 e. The first-order chi connectivity index (χ1) is 11.8. The van der Waals surface area contributed by atoms with Gasteiger partial charge in [-0.1, -0.05) is 48.5 Å². The summed E-state index contributed by atoms with van der Waals surface area (Å²) in [5.74, 6) is 0. The van der Waals surface area contributed by atoms with Gasteiger partial charge in [0.1, 0.15) is 0 Å². The summed E-state index contributed by atoms with van der Waals surface area (Å²) in [7, 11) is 2.20. The van der Waals surface area contributed by atoms with Crippen molar-refractivity contribution in [2.24, 2.45) is 7.05 Å². The van der Waals surface area contributed by atoms with Crippen molar-refractivity contribution in [1.82, 2.24) is 4.57 Å². The van der Waals surface area contributed by atoms with E-state index in [4.69, 9.17) is 0 Å². The molecule has 0 radical (unpaired) electrons. The van der Waals surface area contributed by atoms with Crippen LogP contribution in [0.3, 0.4) is 0 Å². The minimum Gasteiger partial charge on any atom is -0.344 e. The number of para-hydroxylation sites is 1. The molecule has 0 atom stereocenters. The average Bonchev–Trinajstić information content (AvgIpc) is 2.95. The Hall–Kier alpha value is -2.54. The van der Waals surface area contributed by atoms with Crippen molar-refractivity contribution >= 4 is 21.8 Å². The molecule has 4 aromatic rings. The largest absolute Gasteiger partial charge is 0.344 e. The lowest BCUT2D eigenvalue weighted by atomic mass is 9.83. The van der Waals surface area contributed by atoms with E-state index in [1.54, 1.807) is 11.1 Å². The first-order valence-corrected chi connectivity index (χ1v) is 8.92. The number of hydrogen-bond donors (Lipinski definition) is 0. The molecule has 0 fully saturated rings. The number of fused-ring (bicyclic) bond motifs is 5. The van der Waals surface area contributed by atoms with E-state index in [-0.39, 0.29) is 0 Å². The van der Waals surface area contributed by atoms with Gasteiger partial charge in [-0.05, 0) is 60.1 Å². The average molecular weight is 311 g/mol. The fourth-order valence-electron chi connectivity index (χ4n) is 4.48. The standard InChI is InChI=1S/C23H21N/c1-24-21-14-8-7-13-19(21)23-18-12-6-5-11-17(18)20(15-22(23)24)16-9-3-2-4-10-16/h2-4,7-10,13-15H,5-6,11-12H2,1H3. The maximum absolute atomic E-state index is 2.43. The molecule has 0 unspecified atom stereocenters. The molecule has 0 saturated heterocycles. The van der Waals surface area contributed by atoms with E-state index in [2.05, 4.69) is 72.3 Å². The second-order valence-electron chi connectivity index (χ2n) is 6.92.